The van der Waals surface area contributed by atoms with Crippen LogP contribution in [0.4, 0.5) is 5.69 Å². The number of amides is 1. The fourth-order valence-corrected chi connectivity index (χ4v) is 2.83. The van der Waals surface area contributed by atoms with Crippen LogP contribution in [0.3, 0.4) is 0 Å². The molecule has 9 heteroatoms. The molecule has 0 fully saturated rings. The number of methoxy groups -OCH3 is 2. The third kappa shape index (κ3) is 4.65. The van der Waals surface area contributed by atoms with Crippen molar-refractivity contribution in [1.29, 1.82) is 5.26 Å². The van der Waals surface area contributed by atoms with Crippen LogP contribution in [0.2, 0.25) is 5.02 Å². The van der Waals surface area contributed by atoms with Crippen molar-refractivity contribution in [2.24, 2.45) is 0 Å². The Morgan fingerprint density at radius 3 is 2.69 bits per heavy atom. The zero-order chi connectivity index (χ0) is 20.8. The molecule has 1 heterocycles. The second kappa shape index (κ2) is 9.08. The molecular formula is C20H18ClN3O5. The van der Waals surface area contributed by atoms with Gasteiger partial charge in [0.25, 0.3) is 5.91 Å². The van der Waals surface area contributed by atoms with Gasteiger partial charge in [0.05, 0.1) is 24.9 Å². The van der Waals surface area contributed by atoms with E-state index in [9.17, 15) is 10.1 Å². The Bertz CT molecular complexity index is 1000. The number of rotatable bonds is 7. The van der Waals surface area contributed by atoms with Crippen molar-refractivity contribution in [3.8, 4) is 29.1 Å². The van der Waals surface area contributed by atoms with E-state index in [1.54, 1.807) is 24.3 Å². The van der Waals surface area contributed by atoms with Crippen LogP contribution in [0.15, 0.2) is 42.1 Å². The summed E-state index contributed by atoms with van der Waals surface area (Å²) >= 11 is 6.07. The second-order valence-electron chi connectivity index (χ2n) is 5.87. The summed E-state index contributed by atoms with van der Waals surface area (Å²) in [5.74, 6) is 1.62. The van der Waals surface area contributed by atoms with Crippen molar-refractivity contribution in [3.05, 3.63) is 52.7 Å². The molecule has 0 atom stereocenters. The van der Waals surface area contributed by atoms with E-state index in [1.807, 2.05) is 12.1 Å². The average Bonchev–Trinajstić information content (AvgIpc) is 3.21. The van der Waals surface area contributed by atoms with Crippen molar-refractivity contribution >= 4 is 23.2 Å². The van der Waals surface area contributed by atoms with Gasteiger partial charge in [-0.1, -0.05) is 17.7 Å². The number of halogens is 1. The molecule has 8 nitrogen and oxygen atoms in total. The van der Waals surface area contributed by atoms with Crippen LogP contribution >= 0.6 is 11.6 Å². The lowest BCUT2D eigenvalue weighted by atomic mass is 10.2. The van der Waals surface area contributed by atoms with Crippen LogP contribution in [0, 0.1) is 11.3 Å². The van der Waals surface area contributed by atoms with Gasteiger partial charge < -0.3 is 29.6 Å². The molecule has 0 aromatic heterocycles. The normalized spacial score (nSPS) is 12.1. The van der Waals surface area contributed by atoms with Gasteiger partial charge in [0.1, 0.15) is 23.1 Å². The number of fused-ring (bicyclic) bond motifs is 1. The molecule has 2 aromatic carbocycles. The van der Waals surface area contributed by atoms with Gasteiger partial charge in [0.2, 0.25) is 6.79 Å². The molecule has 1 amide bonds. The van der Waals surface area contributed by atoms with Crippen LogP contribution in [0.5, 0.6) is 23.0 Å². The minimum Gasteiger partial charge on any atom is -0.495 e. The van der Waals surface area contributed by atoms with Crippen molar-refractivity contribution in [1.82, 2.24) is 5.32 Å². The summed E-state index contributed by atoms with van der Waals surface area (Å²) in [5, 5.41) is 15.3. The number of ether oxygens (including phenoxy) is 4. The molecule has 0 spiro atoms. The van der Waals surface area contributed by atoms with Crippen molar-refractivity contribution in [2.75, 3.05) is 26.3 Å². The van der Waals surface area contributed by atoms with E-state index in [-0.39, 0.29) is 18.9 Å². The Morgan fingerprint density at radius 2 is 1.97 bits per heavy atom. The number of benzene rings is 2. The fourth-order valence-electron chi connectivity index (χ4n) is 2.60. The zero-order valence-corrected chi connectivity index (χ0v) is 16.5. The lowest BCUT2D eigenvalue weighted by Gasteiger charge is -2.12. The van der Waals surface area contributed by atoms with Gasteiger partial charge >= 0.3 is 0 Å². The molecule has 2 aromatic rings. The van der Waals surface area contributed by atoms with E-state index in [0.29, 0.717) is 33.7 Å². The lowest BCUT2D eigenvalue weighted by molar-refractivity contribution is -0.117. The summed E-state index contributed by atoms with van der Waals surface area (Å²) in [4.78, 5) is 12.4. The molecule has 1 aliphatic heterocycles. The molecule has 0 bridgehead atoms. The summed E-state index contributed by atoms with van der Waals surface area (Å²) in [6.07, 6.45) is 1.29. The number of carbonyl (C=O) groups excluding carboxylic acids is 1. The van der Waals surface area contributed by atoms with Gasteiger partial charge in [-0.05, 0) is 17.7 Å². The van der Waals surface area contributed by atoms with Crippen molar-refractivity contribution < 1.29 is 23.7 Å². The maximum atomic E-state index is 12.4. The number of nitrogens with one attached hydrogen (secondary N) is 2. The summed E-state index contributed by atoms with van der Waals surface area (Å²) in [6.45, 7) is 0.406. The molecule has 0 aliphatic carbocycles. The number of nitriles is 1. The van der Waals surface area contributed by atoms with Gasteiger partial charge in [-0.2, -0.15) is 5.26 Å². The predicted molar refractivity (Wildman–Crippen MR) is 106 cm³/mol. The Labute approximate surface area is 172 Å². The first-order valence-electron chi connectivity index (χ1n) is 8.50. The summed E-state index contributed by atoms with van der Waals surface area (Å²) in [6, 6.07) is 10.4. The first kappa shape index (κ1) is 20.2. The molecule has 150 valence electrons. The monoisotopic (exact) mass is 415 g/mol. The maximum absolute atomic E-state index is 12.4. The van der Waals surface area contributed by atoms with Crippen molar-refractivity contribution in [2.45, 2.75) is 6.54 Å². The van der Waals surface area contributed by atoms with Gasteiger partial charge in [-0.15, -0.1) is 0 Å². The first-order valence-corrected chi connectivity index (χ1v) is 8.88. The molecule has 0 saturated heterocycles. The number of hydrogen-bond acceptors (Lipinski definition) is 7. The standard InChI is InChI=1S/C20H18ClN3O5/c1-26-17-7-15(18(27-2)6-14(17)21)23-10-13(8-22)20(25)24-9-12-3-4-16-19(5-12)29-11-28-16/h3-7,10,23H,9,11H2,1-2H3,(H,24,25)/b13-10-. The van der Waals surface area contributed by atoms with Gasteiger partial charge in [-0.25, -0.2) is 0 Å². The Balaban J connectivity index is 1.68. The minimum absolute atomic E-state index is 0.110. The van der Waals surface area contributed by atoms with E-state index in [1.165, 1.54) is 20.4 Å². The van der Waals surface area contributed by atoms with E-state index >= 15 is 0 Å². The summed E-state index contributed by atoms with van der Waals surface area (Å²) < 4.78 is 21.0. The van der Waals surface area contributed by atoms with Crippen LogP contribution in [-0.4, -0.2) is 26.9 Å². The van der Waals surface area contributed by atoms with Gasteiger partial charge in [0.15, 0.2) is 11.5 Å². The molecule has 0 radical (unpaired) electrons. The quantitative estimate of drug-likeness (QED) is 0.528. The van der Waals surface area contributed by atoms with Crippen LogP contribution in [0.25, 0.3) is 0 Å². The van der Waals surface area contributed by atoms with Crippen LogP contribution < -0.4 is 29.6 Å². The number of hydrogen-bond donors (Lipinski definition) is 2. The Kier molecular flexibility index (Phi) is 6.32. The van der Waals surface area contributed by atoms with E-state index in [2.05, 4.69) is 10.6 Å². The summed E-state index contributed by atoms with van der Waals surface area (Å²) in [7, 11) is 2.97. The largest absolute Gasteiger partial charge is 0.495 e. The van der Waals surface area contributed by atoms with Crippen LogP contribution in [0.1, 0.15) is 5.56 Å². The number of carbonyl (C=O) groups is 1. The molecule has 29 heavy (non-hydrogen) atoms. The number of anilines is 1. The maximum Gasteiger partial charge on any atom is 0.263 e. The third-order valence-corrected chi connectivity index (χ3v) is 4.40. The highest BCUT2D eigenvalue weighted by atomic mass is 35.5. The van der Waals surface area contributed by atoms with E-state index in [4.69, 9.17) is 30.5 Å². The first-order chi connectivity index (χ1) is 14.0. The zero-order valence-electron chi connectivity index (χ0n) is 15.7. The SMILES string of the molecule is COc1cc(N/C=C(/C#N)C(=O)NCc2ccc3c(c2)OCO3)c(OC)cc1Cl. The topological polar surface area (TPSA) is 102 Å². The molecule has 1 aliphatic rings. The lowest BCUT2D eigenvalue weighted by Crippen LogP contribution is -2.24. The van der Waals surface area contributed by atoms with Gasteiger partial charge in [-0.3, -0.25) is 4.79 Å². The highest BCUT2D eigenvalue weighted by Gasteiger charge is 2.15. The molecule has 0 saturated carbocycles. The molecule has 2 N–H and O–H groups in total. The molecular weight excluding hydrogens is 398 g/mol. The third-order valence-electron chi connectivity index (χ3n) is 4.10. The molecule has 0 unspecified atom stereocenters. The van der Waals surface area contributed by atoms with Crippen LogP contribution in [-0.2, 0) is 11.3 Å². The smallest absolute Gasteiger partial charge is 0.263 e. The van der Waals surface area contributed by atoms with Crippen molar-refractivity contribution in [3.63, 3.8) is 0 Å². The van der Waals surface area contributed by atoms with Gasteiger partial charge in [0, 0.05) is 24.9 Å². The second-order valence-corrected chi connectivity index (χ2v) is 6.28. The Hall–Kier alpha value is -3.57. The average molecular weight is 416 g/mol. The predicted octanol–water partition coefficient (Wildman–Crippen LogP) is 3.22. The van der Waals surface area contributed by atoms with E-state index in [0.717, 1.165) is 5.56 Å². The molecule has 3 rings (SSSR count). The highest BCUT2D eigenvalue weighted by molar-refractivity contribution is 6.32. The summed E-state index contributed by atoms with van der Waals surface area (Å²) in [5.41, 5.74) is 1.20. The highest BCUT2D eigenvalue weighted by Crippen LogP contribution is 2.36. The Morgan fingerprint density at radius 1 is 1.21 bits per heavy atom. The number of nitrogens with zero attached hydrogens (tertiary/aromatic N) is 1. The minimum atomic E-state index is -0.530. The van der Waals surface area contributed by atoms with E-state index < -0.39 is 5.91 Å². The fraction of sp³-hybridized carbons (Fsp3) is 0.200.